The molecule has 2 aliphatic rings. The monoisotopic (exact) mass is 253 g/mol. The molecule has 0 amide bonds. The summed E-state index contributed by atoms with van der Waals surface area (Å²) in [6.45, 7) is 9.76. The zero-order valence-electron chi connectivity index (χ0n) is 12.3. The van der Waals surface area contributed by atoms with Crippen LogP contribution in [0.1, 0.15) is 39.0 Å². The zero-order valence-corrected chi connectivity index (χ0v) is 12.3. The molecule has 2 rings (SSSR count). The summed E-state index contributed by atoms with van der Waals surface area (Å²) in [7, 11) is 2.29. The molecule has 2 fully saturated rings. The fourth-order valence-electron chi connectivity index (χ4n) is 3.01. The Morgan fingerprint density at radius 1 is 1.22 bits per heavy atom. The SMILES string of the molecule is CC(CCN(C)CCC1CCC1)N1CCNCC1. The molecule has 0 aromatic rings. The molecule has 1 aliphatic heterocycles. The highest BCUT2D eigenvalue weighted by Gasteiger charge is 2.19. The van der Waals surface area contributed by atoms with E-state index in [-0.39, 0.29) is 0 Å². The number of hydrogen-bond donors (Lipinski definition) is 1. The lowest BCUT2D eigenvalue weighted by molar-refractivity contribution is 0.159. The Balaban J connectivity index is 1.54. The Labute approximate surface area is 113 Å². The second-order valence-corrected chi connectivity index (χ2v) is 6.31. The van der Waals surface area contributed by atoms with Crippen LogP contribution in [0.15, 0.2) is 0 Å². The van der Waals surface area contributed by atoms with Crippen molar-refractivity contribution in [1.29, 1.82) is 0 Å². The van der Waals surface area contributed by atoms with Gasteiger partial charge in [0.1, 0.15) is 0 Å². The highest BCUT2D eigenvalue weighted by Crippen LogP contribution is 2.29. The highest BCUT2D eigenvalue weighted by molar-refractivity contribution is 4.75. The van der Waals surface area contributed by atoms with E-state index in [2.05, 4.69) is 29.1 Å². The predicted octanol–water partition coefficient (Wildman–Crippen LogP) is 1.79. The number of nitrogens with one attached hydrogen (secondary N) is 1. The summed E-state index contributed by atoms with van der Waals surface area (Å²) in [5.41, 5.74) is 0. The van der Waals surface area contributed by atoms with Crippen LogP contribution in [0.3, 0.4) is 0 Å². The smallest absolute Gasteiger partial charge is 0.0110 e. The quantitative estimate of drug-likeness (QED) is 0.746. The number of piperazine rings is 1. The molecule has 1 saturated carbocycles. The van der Waals surface area contributed by atoms with Crippen molar-refractivity contribution in [3.8, 4) is 0 Å². The van der Waals surface area contributed by atoms with Crippen molar-refractivity contribution in [2.24, 2.45) is 5.92 Å². The van der Waals surface area contributed by atoms with Crippen molar-refractivity contribution in [3.63, 3.8) is 0 Å². The van der Waals surface area contributed by atoms with E-state index < -0.39 is 0 Å². The number of hydrogen-bond acceptors (Lipinski definition) is 3. The van der Waals surface area contributed by atoms with Gasteiger partial charge in [0.05, 0.1) is 0 Å². The summed E-state index contributed by atoms with van der Waals surface area (Å²) < 4.78 is 0. The summed E-state index contributed by atoms with van der Waals surface area (Å²) in [4.78, 5) is 5.17. The maximum Gasteiger partial charge on any atom is 0.0110 e. The fraction of sp³-hybridized carbons (Fsp3) is 1.00. The normalized spacial score (nSPS) is 24.2. The van der Waals surface area contributed by atoms with Gasteiger partial charge in [-0.1, -0.05) is 19.3 Å². The summed E-state index contributed by atoms with van der Waals surface area (Å²) in [5.74, 6) is 1.05. The van der Waals surface area contributed by atoms with Crippen molar-refractivity contribution < 1.29 is 0 Å². The Bertz CT molecular complexity index is 222. The summed E-state index contributed by atoms with van der Waals surface area (Å²) >= 11 is 0. The Kier molecular flexibility index (Phi) is 5.93. The predicted molar refractivity (Wildman–Crippen MR) is 78.0 cm³/mol. The maximum atomic E-state index is 3.43. The molecule has 3 heteroatoms. The summed E-state index contributed by atoms with van der Waals surface area (Å²) in [6.07, 6.45) is 7.21. The Morgan fingerprint density at radius 2 is 1.94 bits per heavy atom. The molecule has 1 N–H and O–H groups in total. The van der Waals surface area contributed by atoms with Crippen molar-refractivity contribution in [1.82, 2.24) is 15.1 Å². The van der Waals surface area contributed by atoms with Crippen molar-refractivity contribution in [2.75, 3.05) is 46.3 Å². The zero-order chi connectivity index (χ0) is 12.8. The van der Waals surface area contributed by atoms with Crippen LogP contribution >= 0.6 is 0 Å². The minimum atomic E-state index is 0.748. The molecule has 0 aromatic heterocycles. The van der Waals surface area contributed by atoms with Gasteiger partial charge in [0.25, 0.3) is 0 Å². The second kappa shape index (κ2) is 7.46. The van der Waals surface area contributed by atoms with Crippen LogP contribution in [0.25, 0.3) is 0 Å². The topological polar surface area (TPSA) is 18.5 Å². The second-order valence-electron chi connectivity index (χ2n) is 6.31. The van der Waals surface area contributed by atoms with Gasteiger partial charge < -0.3 is 10.2 Å². The average Bonchev–Trinajstić information content (AvgIpc) is 2.35. The van der Waals surface area contributed by atoms with Gasteiger partial charge in [-0.25, -0.2) is 0 Å². The van der Waals surface area contributed by atoms with Crippen molar-refractivity contribution in [3.05, 3.63) is 0 Å². The minimum absolute atomic E-state index is 0.748. The Hall–Kier alpha value is -0.120. The first-order chi connectivity index (χ1) is 8.75. The molecular weight excluding hydrogens is 222 g/mol. The molecule has 0 radical (unpaired) electrons. The van der Waals surface area contributed by atoms with Crippen molar-refractivity contribution >= 4 is 0 Å². The molecule has 1 saturated heterocycles. The molecule has 0 bridgehead atoms. The molecule has 18 heavy (non-hydrogen) atoms. The van der Waals surface area contributed by atoms with Gasteiger partial charge in [0.15, 0.2) is 0 Å². The van der Waals surface area contributed by atoms with E-state index in [1.54, 1.807) is 0 Å². The van der Waals surface area contributed by atoms with Gasteiger partial charge in [-0.3, -0.25) is 4.90 Å². The lowest BCUT2D eigenvalue weighted by atomic mass is 9.83. The fourth-order valence-corrected chi connectivity index (χ4v) is 3.01. The van der Waals surface area contributed by atoms with Crippen LogP contribution in [-0.2, 0) is 0 Å². The summed E-state index contributed by atoms with van der Waals surface area (Å²) in [5, 5.41) is 3.43. The van der Waals surface area contributed by atoms with Gasteiger partial charge in [-0.2, -0.15) is 0 Å². The van der Waals surface area contributed by atoms with Crippen molar-refractivity contribution in [2.45, 2.75) is 45.1 Å². The highest BCUT2D eigenvalue weighted by atomic mass is 15.2. The van der Waals surface area contributed by atoms with E-state index in [0.717, 1.165) is 12.0 Å². The summed E-state index contributed by atoms with van der Waals surface area (Å²) in [6, 6.07) is 0.748. The van der Waals surface area contributed by atoms with E-state index in [0.29, 0.717) is 0 Å². The van der Waals surface area contributed by atoms with Crippen LogP contribution in [0, 0.1) is 5.92 Å². The van der Waals surface area contributed by atoms with Crippen LogP contribution in [-0.4, -0.2) is 62.2 Å². The van der Waals surface area contributed by atoms with Gasteiger partial charge in [0.2, 0.25) is 0 Å². The average molecular weight is 253 g/mol. The lowest BCUT2D eigenvalue weighted by Gasteiger charge is -2.34. The first-order valence-corrected chi connectivity index (χ1v) is 7.89. The van der Waals surface area contributed by atoms with Crippen LogP contribution in [0.4, 0.5) is 0 Å². The molecule has 0 spiro atoms. The van der Waals surface area contributed by atoms with E-state index in [9.17, 15) is 0 Å². The van der Waals surface area contributed by atoms with E-state index >= 15 is 0 Å². The minimum Gasteiger partial charge on any atom is -0.314 e. The van der Waals surface area contributed by atoms with Crippen LogP contribution in [0.5, 0.6) is 0 Å². The first-order valence-electron chi connectivity index (χ1n) is 7.89. The van der Waals surface area contributed by atoms with Gasteiger partial charge in [0, 0.05) is 32.2 Å². The number of nitrogens with zero attached hydrogens (tertiary/aromatic N) is 2. The van der Waals surface area contributed by atoms with Gasteiger partial charge >= 0.3 is 0 Å². The standard InChI is InChI=1S/C15H31N3/c1-14(18-12-8-16-9-13-18)6-10-17(2)11-7-15-4-3-5-15/h14-16H,3-13H2,1-2H3. The maximum absolute atomic E-state index is 3.43. The molecule has 1 unspecified atom stereocenters. The largest absolute Gasteiger partial charge is 0.314 e. The third kappa shape index (κ3) is 4.52. The third-order valence-corrected chi connectivity index (χ3v) is 4.85. The molecule has 0 aromatic carbocycles. The first kappa shape index (κ1) is 14.3. The molecule has 1 aliphatic carbocycles. The van der Waals surface area contributed by atoms with E-state index in [4.69, 9.17) is 0 Å². The van der Waals surface area contributed by atoms with Gasteiger partial charge in [-0.15, -0.1) is 0 Å². The van der Waals surface area contributed by atoms with E-state index in [1.807, 2.05) is 0 Å². The molecule has 1 atom stereocenters. The van der Waals surface area contributed by atoms with E-state index in [1.165, 1.54) is 71.4 Å². The van der Waals surface area contributed by atoms with Crippen LogP contribution in [0.2, 0.25) is 0 Å². The van der Waals surface area contributed by atoms with Crippen LogP contribution < -0.4 is 5.32 Å². The molecular formula is C15H31N3. The molecule has 1 heterocycles. The Morgan fingerprint density at radius 3 is 2.56 bits per heavy atom. The molecule has 3 nitrogen and oxygen atoms in total. The van der Waals surface area contributed by atoms with Gasteiger partial charge in [-0.05, 0) is 45.8 Å². The number of rotatable bonds is 7. The third-order valence-electron chi connectivity index (χ3n) is 4.85. The lowest BCUT2D eigenvalue weighted by Crippen LogP contribution is -2.48. The molecule has 106 valence electrons.